The molecule has 4 N–H and O–H groups in total. The number of rotatable bonds is 4. The Balaban J connectivity index is 1.24. The van der Waals surface area contributed by atoms with Crippen LogP contribution < -0.4 is 11.2 Å². The number of hydrogen-bond acceptors (Lipinski definition) is 7. The van der Waals surface area contributed by atoms with E-state index in [-0.39, 0.29) is 33.8 Å². The zero-order chi connectivity index (χ0) is 28.2. The highest BCUT2D eigenvalue weighted by Crippen LogP contribution is 2.40. The molecule has 0 bridgehead atoms. The summed E-state index contributed by atoms with van der Waals surface area (Å²) in [5.41, 5.74) is 1.31. The Kier molecular flexibility index (Phi) is 6.16. The standard InChI is InChI=1S/C27H24F3N7O3/c28-27(29,30)18-7-8-33-22(11-18)34-25(39)16-3-1-15(2-4-16)24-35-23(20-13-32-9-10-37(20,24)31)17-5-6-19-12-21(38)26(40)36(19)14-17/h1-4,7-11,13,17,19,21,38H,5-6,12,14,31H2/p+1/t17-,19+,21-,37?/m1/s1. The van der Waals surface area contributed by atoms with E-state index in [0.717, 1.165) is 36.9 Å². The number of aliphatic imine (C=N–C) groups is 2. The lowest BCUT2D eigenvalue weighted by Crippen LogP contribution is -2.53. The normalized spacial score (nSPS) is 27.5. The lowest BCUT2D eigenvalue weighted by Gasteiger charge is -2.34. The molecule has 2 amide bonds. The number of amidine groups is 1. The van der Waals surface area contributed by atoms with Crippen LogP contribution in [0.2, 0.25) is 0 Å². The van der Waals surface area contributed by atoms with E-state index in [1.165, 1.54) is 12.1 Å². The van der Waals surface area contributed by atoms with Crippen LogP contribution in [-0.4, -0.2) is 62.1 Å². The molecule has 6 rings (SSSR count). The van der Waals surface area contributed by atoms with E-state index in [9.17, 15) is 27.9 Å². The number of aliphatic hydroxyl groups excluding tert-OH is 1. The maximum absolute atomic E-state index is 13.0. The molecule has 4 aliphatic rings. The third-order valence-electron chi connectivity index (χ3n) is 7.71. The topological polar surface area (TPSA) is 133 Å². The second-order valence-corrected chi connectivity index (χ2v) is 10.2. The van der Waals surface area contributed by atoms with Crippen LogP contribution in [-0.2, 0) is 11.0 Å². The van der Waals surface area contributed by atoms with Crippen molar-refractivity contribution in [2.24, 2.45) is 21.7 Å². The first-order chi connectivity index (χ1) is 19.0. The van der Waals surface area contributed by atoms with Gasteiger partial charge in [0.1, 0.15) is 23.8 Å². The molecule has 4 aliphatic heterocycles. The van der Waals surface area contributed by atoms with E-state index in [0.29, 0.717) is 30.1 Å². The average molecular weight is 553 g/mol. The van der Waals surface area contributed by atoms with Crippen LogP contribution in [0.25, 0.3) is 0 Å². The summed E-state index contributed by atoms with van der Waals surface area (Å²) in [6, 6.07) is 8.01. The van der Waals surface area contributed by atoms with E-state index in [1.807, 2.05) is 0 Å². The molecule has 2 saturated heterocycles. The number of nitrogens with one attached hydrogen (secondary N) is 1. The van der Waals surface area contributed by atoms with Gasteiger partial charge in [0.2, 0.25) is 5.70 Å². The Bertz CT molecular complexity index is 1520. The number of carbonyl (C=O) groups is 2. The van der Waals surface area contributed by atoms with E-state index < -0.39 is 23.8 Å². The van der Waals surface area contributed by atoms with Crippen LogP contribution in [0.3, 0.4) is 0 Å². The Labute approximate surface area is 226 Å². The molecule has 13 heteroatoms. The van der Waals surface area contributed by atoms with Gasteiger partial charge in [-0.1, -0.05) is 0 Å². The third-order valence-corrected chi connectivity index (χ3v) is 7.71. The molecule has 4 atom stereocenters. The second-order valence-electron chi connectivity index (χ2n) is 10.2. The molecule has 10 nitrogen and oxygen atoms in total. The number of fused-ring (bicyclic) bond motifs is 2. The number of aromatic nitrogens is 1. The highest BCUT2D eigenvalue weighted by Gasteiger charge is 2.49. The molecule has 2 aromatic rings. The van der Waals surface area contributed by atoms with E-state index >= 15 is 0 Å². The number of amides is 2. The smallest absolute Gasteiger partial charge is 0.383 e. The highest BCUT2D eigenvalue weighted by atomic mass is 19.4. The summed E-state index contributed by atoms with van der Waals surface area (Å²) in [6.45, 7) is 0.427. The Morgan fingerprint density at radius 2 is 1.95 bits per heavy atom. The minimum atomic E-state index is -4.56. The van der Waals surface area contributed by atoms with Crippen molar-refractivity contribution >= 4 is 29.7 Å². The van der Waals surface area contributed by atoms with Gasteiger partial charge in [-0.25, -0.2) is 4.98 Å². The summed E-state index contributed by atoms with van der Waals surface area (Å²) in [5, 5.41) is 12.4. The number of aliphatic hydroxyl groups is 1. The first-order valence-electron chi connectivity index (χ1n) is 12.7. The predicted molar refractivity (Wildman–Crippen MR) is 138 cm³/mol. The maximum Gasteiger partial charge on any atom is 0.416 e. The van der Waals surface area contributed by atoms with Gasteiger partial charge in [-0.3, -0.25) is 14.6 Å². The van der Waals surface area contributed by atoms with Gasteiger partial charge in [0.05, 0.1) is 23.5 Å². The summed E-state index contributed by atoms with van der Waals surface area (Å²) in [4.78, 5) is 39.9. The monoisotopic (exact) mass is 552 g/mol. The van der Waals surface area contributed by atoms with Gasteiger partial charge in [-0.2, -0.15) is 24.0 Å². The molecule has 1 unspecified atom stereocenters. The number of piperidine rings is 1. The molecular formula is C27H25F3N7O3+. The zero-order valence-electron chi connectivity index (χ0n) is 21.0. The molecule has 1 aromatic carbocycles. The number of benzene rings is 1. The Morgan fingerprint density at radius 3 is 2.70 bits per heavy atom. The van der Waals surface area contributed by atoms with Crippen molar-refractivity contribution in [3.05, 3.63) is 83.1 Å². The van der Waals surface area contributed by atoms with Crippen molar-refractivity contribution < 1.29 is 32.5 Å². The fourth-order valence-corrected chi connectivity index (χ4v) is 5.66. The molecule has 0 spiro atoms. The maximum atomic E-state index is 13.0. The van der Waals surface area contributed by atoms with E-state index in [1.54, 1.807) is 35.6 Å². The van der Waals surface area contributed by atoms with E-state index in [2.05, 4.69) is 15.3 Å². The van der Waals surface area contributed by atoms with Crippen molar-refractivity contribution in [3.63, 3.8) is 0 Å². The summed E-state index contributed by atoms with van der Waals surface area (Å²) in [7, 11) is 0. The average Bonchev–Trinajstić information content (AvgIpc) is 3.40. The molecule has 0 radical (unpaired) electrons. The molecule has 2 fully saturated rings. The van der Waals surface area contributed by atoms with Crippen LogP contribution in [0.1, 0.15) is 40.7 Å². The minimum Gasteiger partial charge on any atom is -0.383 e. The van der Waals surface area contributed by atoms with Gasteiger partial charge in [-0.15, -0.1) is 4.59 Å². The summed E-state index contributed by atoms with van der Waals surface area (Å²) < 4.78 is 38.8. The lowest BCUT2D eigenvalue weighted by molar-refractivity contribution is -0.750. The fraction of sp³-hybridized carbons (Fsp3) is 0.296. The van der Waals surface area contributed by atoms with E-state index in [4.69, 9.17) is 10.8 Å². The van der Waals surface area contributed by atoms with Crippen LogP contribution in [0.15, 0.2) is 76.4 Å². The number of nitrogens with zero attached hydrogens (tertiary/aromatic N) is 5. The van der Waals surface area contributed by atoms with Gasteiger partial charge in [0, 0.05) is 36.7 Å². The van der Waals surface area contributed by atoms with Crippen molar-refractivity contribution in [2.75, 3.05) is 11.9 Å². The SMILES string of the molecule is N[N+]12C=CN=CC1=C([C@@H]1CC[C@H]3C[C@@H](O)C(=O)N3C1)N=C2c1ccc(C(=O)Nc2cc(C(F)(F)F)ccn2)cc1. The summed E-state index contributed by atoms with van der Waals surface area (Å²) in [6.07, 6.45) is 2.34. The number of halogens is 3. The van der Waals surface area contributed by atoms with Crippen LogP contribution in [0.5, 0.6) is 0 Å². The zero-order valence-corrected chi connectivity index (χ0v) is 21.0. The number of hydrogen-bond donors (Lipinski definition) is 3. The van der Waals surface area contributed by atoms with Gasteiger partial charge < -0.3 is 15.3 Å². The molecule has 5 heterocycles. The van der Waals surface area contributed by atoms with Crippen LogP contribution >= 0.6 is 0 Å². The van der Waals surface area contributed by atoms with Gasteiger partial charge in [0.25, 0.3) is 17.6 Å². The summed E-state index contributed by atoms with van der Waals surface area (Å²) in [5.74, 6) is 6.11. The number of pyridine rings is 1. The van der Waals surface area contributed by atoms with Crippen molar-refractivity contribution in [1.82, 2.24) is 9.88 Å². The summed E-state index contributed by atoms with van der Waals surface area (Å²) >= 11 is 0. The molecular weight excluding hydrogens is 527 g/mol. The number of nitrogens with two attached hydrogens (primary N) is 1. The van der Waals surface area contributed by atoms with Gasteiger partial charge >= 0.3 is 6.18 Å². The molecule has 0 aliphatic carbocycles. The molecule has 0 saturated carbocycles. The quantitative estimate of drug-likeness (QED) is 0.396. The number of allylic oxidation sites excluding steroid dienone is 1. The first kappa shape index (κ1) is 26.0. The largest absolute Gasteiger partial charge is 0.416 e. The van der Waals surface area contributed by atoms with Crippen molar-refractivity contribution in [2.45, 2.75) is 37.6 Å². The number of carbonyl (C=O) groups excluding carboxylic acids is 2. The Morgan fingerprint density at radius 1 is 1.18 bits per heavy atom. The first-order valence-corrected chi connectivity index (χ1v) is 12.7. The second kappa shape index (κ2) is 9.47. The van der Waals surface area contributed by atoms with Gasteiger partial charge in [-0.05, 0) is 49.2 Å². The number of quaternary nitrogens is 1. The lowest BCUT2D eigenvalue weighted by atomic mass is 9.90. The van der Waals surface area contributed by atoms with Crippen molar-refractivity contribution in [3.8, 4) is 0 Å². The molecule has 1 aromatic heterocycles. The molecule has 206 valence electrons. The van der Waals surface area contributed by atoms with Crippen LogP contribution in [0, 0.1) is 5.92 Å². The number of anilines is 1. The van der Waals surface area contributed by atoms with Crippen molar-refractivity contribution in [1.29, 1.82) is 0 Å². The highest BCUT2D eigenvalue weighted by molar-refractivity contribution is 6.05. The molecule has 40 heavy (non-hydrogen) atoms. The van der Waals surface area contributed by atoms with Crippen LogP contribution in [0.4, 0.5) is 19.0 Å². The third kappa shape index (κ3) is 4.41. The van der Waals surface area contributed by atoms with Gasteiger partial charge in [0.15, 0.2) is 0 Å². The number of alkyl halides is 3. The predicted octanol–water partition coefficient (Wildman–Crippen LogP) is 2.94. The Hall–Kier alpha value is -4.20. The fourth-order valence-electron chi connectivity index (χ4n) is 5.66. The minimum absolute atomic E-state index is 0.0241.